The van der Waals surface area contributed by atoms with E-state index in [-0.39, 0.29) is 17.7 Å². The van der Waals surface area contributed by atoms with Gasteiger partial charge in [0.2, 0.25) is 11.8 Å². The summed E-state index contributed by atoms with van der Waals surface area (Å²) in [6.45, 7) is 9.42. The summed E-state index contributed by atoms with van der Waals surface area (Å²) >= 11 is 1.80. The predicted octanol–water partition coefficient (Wildman–Crippen LogP) is 2.21. The summed E-state index contributed by atoms with van der Waals surface area (Å²) in [6.07, 6.45) is 2.73. The standard InChI is InChI=1S/C19H29N3O2S/c1-3-21(4-2)19(24)15-5-9-20(10-6-15)14-18(23)22-11-7-17-16(13-22)8-12-25-17/h8,12,15H,3-7,9-11,13-14H2,1-2H3. The molecule has 0 spiro atoms. The molecule has 6 heteroatoms. The van der Waals surface area contributed by atoms with Gasteiger partial charge in [-0.25, -0.2) is 0 Å². The number of carbonyl (C=O) groups is 2. The number of thiophene rings is 1. The summed E-state index contributed by atoms with van der Waals surface area (Å²) in [4.78, 5) is 32.7. The van der Waals surface area contributed by atoms with E-state index >= 15 is 0 Å². The molecule has 0 saturated carbocycles. The lowest BCUT2D eigenvalue weighted by atomic mass is 9.95. The highest BCUT2D eigenvalue weighted by molar-refractivity contribution is 7.10. The van der Waals surface area contributed by atoms with Gasteiger partial charge in [-0.05, 0) is 63.2 Å². The number of carbonyl (C=O) groups excluding carboxylic acids is 2. The van der Waals surface area contributed by atoms with Crippen molar-refractivity contribution < 1.29 is 9.59 Å². The molecule has 3 heterocycles. The molecule has 25 heavy (non-hydrogen) atoms. The van der Waals surface area contributed by atoms with Crippen molar-refractivity contribution in [3.8, 4) is 0 Å². The van der Waals surface area contributed by atoms with Crippen LogP contribution < -0.4 is 0 Å². The molecule has 5 nitrogen and oxygen atoms in total. The number of hydrogen-bond acceptors (Lipinski definition) is 4. The van der Waals surface area contributed by atoms with E-state index in [2.05, 4.69) is 16.3 Å². The molecule has 0 atom stereocenters. The molecule has 2 aliphatic heterocycles. The van der Waals surface area contributed by atoms with Crippen LogP contribution in [0.15, 0.2) is 11.4 Å². The second-order valence-corrected chi connectivity index (χ2v) is 8.00. The van der Waals surface area contributed by atoms with Gasteiger partial charge in [-0.1, -0.05) is 0 Å². The van der Waals surface area contributed by atoms with Gasteiger partial charge in [0.05, 0.1) is 6.54 Å². The Morgan fingerprint density at radius 1 is 1.20 bits per heavy atom. The Balaban J connectivity index is 1.46. The van der Waals surface area contributed by atoms with Gasteiger partial charge in [0.25, 0.3) is 0 Å². The minimum Gasteiger partial charge on any atom is -0.343 e. The van der Waals surface area contributed by atoms with Gasteiger partial charge in [-0.2, -0.15) is 0 Å². The van der Waals surface area contributed by atoms with E-state index in [1.807, 2.05) is 23.6 Å². The molecular formula is C19H29N3O2S. The Hall–Kier alpha value is -1.40. The van der Waals surface area contributed by atoms with Crippen LogP contribution in [0.5, 0.6) is 0 Å². The van der Waals surface area contributed by atoms with Gasteiger partial charge in [0, 0.05) is 37.0 Å². The van der Waals surface area contributed by atoms with E-state index in [1.165, 1.54) is 10.4 Å². The number of fused-ring (bicyclic) bond motifs is 1. The van der Waals surface area contributed by atoms with Gasteiger partial charge in [-0.15, -0.1) is 11.3 Å². The highest BCUT2D eigenvalue weighted by Gasteiger charge is 2.29. The maximum Gasteiger partial charge on any atom is 0.237 e. The van der Waals surface area contributed by atoms with E-state index in [9.17, 15) is 9.59 Å². The monoisotopic (exact) mass is 363 g/mol. The van der Waals surface area contributed by atoms with E-state index in [0.717, 1.165) is 58.5 Å². The third-order valence-corrected chi connectivity index (χ3v) is 6.55. The predicted molar refractivity (Wildman–Crippen MR) is 101 cm³/mol. The maximum absolute atomic E-state index is 12.6. The van der Waals surface area contributed by atoms with Crippen LogP contribution in [0.1, 0.15) is 37.1 Å². The van der Waals surface area contributed by atoms with Crippen molar-refractivity contribution in [3.63, 3.8) is 0 Å². The quantitative estimate of drug-likeness (QED) is 0.806. The first kappa shape index (κ1) is 18.4. The summed E-state index contributed by atoms with van der Waals surface area (Å²) < 4.78 is 0. The number of likely N-dealkylation sites (tertiary alicyclic amines) is 1. The summed E-state index contributed by atoms with van der Waals surface area (Å²) in [5.41, 5.74) is 1.31. The third kappa shape index (κ3) is 4.23. The summed E-state index contributed by atoms with van der Waals surface area (Å²) in [7, 11) is 0. The fourth-order valence-corrected chi connectivity index (χ4v) is 4.77. The topological polar surface area (TPSA) is 43.9 Å². The highest BCUT2D eigenvalue weighted by atomic mass is 32.1. The Morgan fingerprint density at radius 3 is 2.60 bits per heavy atom. The van der Waals surface area contributed by atoms with Crippen molar-refractivity contribution in [3.05, 3.63) is 21.9 Å². The molecule has 0 radical (unpaired) electrons. The first-order valence-corrected chi connectivity index (χ1v) is 10.3. The minimum atomic E-state index is 0.134. The smallest absolute Gasteiger partial charge is 0.237 e. The molecule has 1 saturated heterocycles. The maximum atomic E-state index is 12.6. The van der Waals surface area contributed by atoms with Crippen LogP contribution in [0, 0.1) is 5.92 Å². The molecule has 138 valence electrons. The lowest BCUT2D eigenvalue weighted by Gasteiger charge is -2.35. The first-order valence-electron chi connectivity index (χ1n) is 9.46. The SMILES string of the molecule is CCN(CC)C(=O)C1CCN(CC(=O)N2CCc3sccc3C2)CC1. The Kier molecular flexibility index (Phi) is 6.12. The van der Waals surface area contributed by atoms with E-state index in [4.69, 9.17) is 0 Å². The van der Waals surface area contributed by atoms with Crippen molar-refractivity contribution in [1.29, 1.82) is 0 Å². The van der Waals surface area contributed by atoms with Crippen LogP contribution in [0.25, 0.3) is 0 Å². The summed E-state index contributed by atoms with van der Waals surface area (Å²) in [5.74, 6) is 0.650. The molecule has 2 aliphatic rings. The highest BCUT2D eigenvalue weighted by Crippen LogP contribution is 2.25. The molecule has 1 aromatic heterocycles. The van der Waals surface area contributed by atoms with Crippen LogP contribution in [0.2, 0.25) is 0 Å². The number of amides is 2. The van der Waals surface area contributed by atoms with Gasteiger partial charge in [0.1, 0.15) is 0 Å². The van der Waals surface area contributed by atoms with Gasteiger partial charge >= 0.3 is 0 Å². The van der Waals surface area contributed by atoms with Crippen molar-refractivity contribution in [2.45, 2.75) is 39.7 Å². The molecule has 1 fully saturated rings. The molecule has 0 unspecified atom stereocenters. The molecule has 0 aliphatic carbocycles. The average molecular weight is 364 g/mol. The van der Waals surface area contributed by atoms with E-state index in [1.54, 1.807) is 11.3 Å². The summed E-state index contributed by atoms with van der Waals surface area (Å²) in [5, 5.41) is 2.12. The number of rotatable bonds is 5. The average Bonchev–Trinajstić information content (AvgIpc) is 3.11. The molecule has 0 N–H and O–H groups in total. The zero-order valence-electron chi connectivity index (χ0n) is 15.4. The Morgan fingerprint density at radius 2 is 1.92 bits per heavy atom. The van der Waals surface area contributed by atoms with Crippen LogP contribution in [0.3, 0.4) is 0 Å². The summed E-state index contributed by atoms with van der Waals surface area (Å²) in [6, 6.07) is 2.14. The second-order valence-electron chi connectivity index (χ2n) is 7.00. The fraction of sp³-hybridized carbons (Fsp3) is 0.684. The molecule has 0 aromatic carbocycles. The third-order valence-electron chi connectivity index (χ3n) is 5.53. The zero-order valence-corrected chi connectivity index (χ0v) is 16.2. The molecule has 3 rings (SSSR count). The Labute approximate surface area is 154 Å². The number of hydrogen-bond donors (Lipinski definition) is 0. The molecule has 0 bridgehead atoms. The van der Waals surface area contributed by atoms with Crippen LogP contribution in [0.4, 0.5) is 0 Å². The van der Waals surface area contributed by atoms with E-state index < -0.39 is 0 Å². The lowest BCUT2D eigenvalue weighted by Crippen LogP contribution is -2.47. The zero-order chi connectivity index (χ0) is 17.8. The van der Waals surface area contributed by atoms with Crippen LogP contribution in [-0.4, -0.2) is 65.8 Å². The number of piperidine rings is 1. The first-order chi connectivity index (χ1) is 12.1. The molecule has 2 amide bonds. The molecular weight excluding hydrogens is 334 g/mol. The lowest BCUT2D eigenvalue weighted by molar-refractivity contribution is -0.137. The van der Waals surface area contributed by atoms with Gasteiger partial charge < -0.3 is 9.80 Å². The van der Waals surface area contributed by atoms with E-state index in [0.29, 0.717) is 6.54 Å². The van der Waals surface area contributed by atoms with Crippen molar-refractivity contribution in [1.82, 2.24) is 14.7 Å². The second kappa shape index (κ2) is 8.32. The fourth-order valence-electron chi connectivity index (χ4n) is 3.88. The van der Waals surface area contributed by atoms with Crippen LogP contribution in [-0.2, 0) is 22.6 Å². The van der Waals surface area contributed by atoms with Crippen molar-refractivity contribution >= 4 is 23.2 Å². The van der Waals surface area contributed by atoms with Gasteiger partial charge in [0.15, 0.2) is 0 Å². The van der Waals surface area contributed by atoms with Crippen molar-refractivity contribution in [2.75, 3.05) is 39.3 Å². The van der Waals surface area contributed by atoms with Gasteiger partial charge in [-0.3, -0.25) is 14.5 Å². The minimum absolute atomic E-state index is 0.134. The molecule has 1 aromatic rings. The Bertz CT molecular complexity index is 604. The largest absolute Gasteiger partial charge is 0.343 e. The number of nitrogens with zero attached hydrogens (tertiary/aromatic N) is 3. The normalized spacial score (nSPS) is 18.9. The van der Waals surface area contributed by atoms with Crippen molar-refractivity contribution in [2.24, 2.45) is 5.92 Å². The van der Waals surface area contributed by atoms with Crippen LogP contribution >= 0.6 is 11.3 Å².